The number of rotatable bonds is 2. The lowest BCUT2D eigenvalue weighted by atomic mass is 9.96. The predicted octanol–water partition coefficient (Wildman–Crippen LogP) is -0.108. The van der Waals surface area contributed by atoms with Gasteiger partial charge in [-0.25, -0.2) is 4.79 Å². The summed E-state index contributed by atoms with van der Waals surface area (Å²) in [6.07, 6.45) is -3.28. The molecular formula is C15H17NO6. The van der Waals surface area contributed by atoms with E-state index in [1.165, 1.54) is 6.92 Å². The van der Waals surface area contributed by atoms with Crippen molar-refractivity contribution in [3.05, 3.63) is 35.9 Å². The van der Waals surface area contributed by atoms with Crippen LogP contribution in [0.5, 0.6) is 0 Å². The van der Waals surface area contributed by atoms with Crippen LogP contribution in [-0.4, -0.2) is 47.9 Å². The van der Waals surface area contributed by atoms with Crippen LogP contribution < -0.4 is 5.32 Å². The average molecular weight is 307 g/mol. The molecule has 1 aromatic carbocycles. The van der Waals surface area contributed by atoms with Gasteiger partial charge in [-0.15, -0.1) is 0 Å². The van der Waals surface area contributed by atoms with Gasteiger partial charge in [0.25, 0.3) is 0 Å². The third-order valence-electron chi connectivity index (χ3n) is 3.69. The van der Waals surface area contributed by atoms with Gasteiger partial charge in [0.2, 0.25) is 5.91 Å². The van der Waals surface area contributed by atoms with Crippen molar-refractivity contribution in [2.75, 3.05) is 6.61 Å². The first-order chi connectivity index (χ1) is 10.6. The first-order valence-electron chi connectivity index (χ1n) is 7.04. The summed E-state index contributed by atoms with van der Waals surface area (Å²) in [6.45, 7) is 1.39. The maximum absolute atomic E-state index is 11.8. The molecule has 0 bridgehead atoms. The highest BCUT2D eigenvalue weighted by Crippen LogP contribution is 2.32. The highest BCUT2D eigenvalue weighted by molar-refractivity contribution is 5.84. The van der Waals surface area contributed by atoms with Crippen molar-refractivity contribution in [2.45, 2.75) is 37.6 Å². The lowest BCUT2D eigenvalue weighted by Crippen LogP contribution is -2.64. The average Bonchev–Trinajstić information content (AvgIpc) is 2.52. The number of amides is 1. The van der Waals surface area contributed by atoms with Gasteiger partial charge in [0.1, 0.15) is 12.2 Å². The molecule has 22 heavy (non-hydrogen) atoms. The molecule has 1 aromatic rings. The van der Waals surface area contributed by atoms with Gasteiger partial charge in [0.15, 0.2) is 18.4 Å². The lowest BCUT2D eigenvalue weighted by Gasteiger charge is -2.43. The van der Waals surface area contributed by atoms with Crippen molar-refractivity contribution in [3.8, 4) is 0 Å². The number of hydrogen-bond acceptors (Lipinski definition) is 6. The van der Waals surface area contributed by atoms with Crippen molar-refractivity contribution in [3.63, 3.8) is 0 Å². The normalized spacial score (nSPS) is 34.5. The third kappa shape index (κ3) is 2.83. The van der Waals surface area contributed by atoms with Crippen molar-refractivity contribution in [2.24, 2.45) is 0 Å². The quantitative estimate of drug-likeness (QED) is 0.741. The second-order valence-electron chi connectivity index (χ2n) is 5.32. The topological polar surface area (TPSA) is 94.1 Å². The Morgan fingerprint density at radius 1 is 1.32 bits per heavy atom. The van der Waals surface area contributed by atoms with E-state index in [1.54, 1.807) is 0 Å². The van der Waals surface area contributed by atoms with Crippen LogP contribution in [0.15, 0.2) is 30.3 Å². The summed E-state index contributed by atoms with van der Waals surface area (Å²) in [5, 5.41) is 12.7. The Morgan fingerprint density at radius 3 is 2.73 bits per heavy atom. The van der Waals surface area contributed by atoms with Crippen LogP contribution in [0.3, 0.4) is 0 Å². The summed E-state index contributed by atoms with van der Waals surface area (Å²) in [5.41, 5.74) is 0.807. The molecule has 2 aliphatic heterocycles. The largest absolute Gasteiger partial charge is 0.455 e. The van der Waals surface area contributed by atoms with Crippen molar-refractivity contribution in [1.29, 1.82) is 0 Å². The van der Waals surface area contributed by atoms with Gasteiger partial charge in [-0.3, -0.25) is 4.79 Å². The zero-order valence-corrected chi connectivity index (χ0v) is 12.0. The van der Waals surface area contributed by atoms with Gasteiger partial charge < -0.3 is 24.6 Å². The molecule has 2 heterocycles. The summed E-state index contributed by atoms with van der Waals surface area (Å²) in [4.78, 5) is 23.0. The second-order valence-corrected chi connectivity index (χ2v) is 5.32. The molecule has 1 amide bonds. The summed E-state index contributed by atoms with van der Waals surface area (Å²) < 4.78 is 16.5. The van der Waals surface area contributed by atoms with E-state index in [0.717, 1.165) is 5.56 Å². The number of ether oxygens (including phenoxy) is 3. The second kappa shape index (κ2) is 6.04. The highest BCUT2D eigenvalue weighted by atomic mass is 16.7. The number of aliphatic hydroxyl groups excluding tert-OH is 1. The molecule has 7 nitrogen and oxygen atoms in total. The van der Waals surface area contributed by atoms with Crippen LogP contribution >= 0.6 is 0 Å². The fourth-order valence-corrected chi connectivity index (χ4v) is 2.65. The molecule has 0 radical (unpaired) electrons. The van der Waals surface area contributed by atoms with Gasteiger partial charge in [-0.05, 0) is 0 Å². The Balaban J connectivity index is 1.76. The fraction of sp³-hybridized carbons (Fsp3) is 0.467. The van der Waals surface area contributed by atoms with E-state index in [-0.39, 0.29) is 6.61 Å². The van der Waals surface area contributed by atoms with Crippen LogP contribution in [0, 0.1) is 0 Å². The SMILES string of the molecule is CC(=O)N[C@H]1C(=O)O[C@@H]2COC(c3ccccc3)O[C@H]2[C@@H]1O. The Morgan fingerprint density at radius 2 is 2.05 bits per heavy atom. The number of fused-ring (bicyclic) bond motifs is 1. The standard InChI is InChI=1S/C15H17NO6/c1-8(17)16-11-12(18)13-10(21-14(11)19)7-20-15(22-13)9-5-3-2-4-6-9/h2-6,10-13,15,18H,7H2,1H3,(H,16,17)/t10-,11-,12-,13-,15?/m1/s1. The minimum absolute atomic E-state index is 0.125. The molecule has 0 aromatic heterocycles. The monoisotopic (exact) mass is 307 g/mol. The number of carbonyl (C=O) groups is 2. The van der Waals surface area contributed by atoms with Crippen LogP contribution in [0.25, 0.3) is 0 Å². The molecule has 1 unspecified atom stereocenters. The number of benzene rings is 1. The summed E-state index contributed by atoms with van der Waals surface area (Å²) in [7, 11) is 0. The minimum atomic E-state index is -1.19. The van der Waals surface area contributed by atoms with Crippen molar-refractivity contribution >= 4 is 11.9 Å². The van der Waals surface area contributed by atoms with Crippen LogP contribution in [0.4, 0.5) is 0 Å². The molecule has 118 valence electrons. The van der Waals surface area contributed by atoms with Crippen LogP contribution in [-0.2, 0) is 23.8 Å². The van der Waals surface area contributed by atoms with Crippen LogP contribution in [0.2, 0.25) is 0 Å². The Labute approximate surface area is 127 Å². The van der Waals surface area contributed by atoms with Gasteiger partial charge in [-0.2, -0.15) is 0 Å². The molecule has 2 aliphatic rings. The molecule has 5 atom stereocenters. The molecule has 0 spiro atoms. The summed E-state index contributed by atoms with van der Waals surface area (Å²) in [6, 6.07) is 8.14. The predicted molar refractivity (Wildman–Crippen MR) is 73.5 cm³/mol. The molecule has 7 heteroatoms. The van der Waals surface area contributed by atoms with Crippen molar-refractivity contribution < 1.29 is 28.9 Å². The number of aliphatic hydroxyl groups is 1. The minimum Gasteiger partial charge on any atom is -0.455 e. The van der Waals surface area contributed by atoms with Gasteiger partial charge >= 0.3 is 5.97 Å². The summed E-state index contributed by atoms with van der Waals surface area (Å²) in [5.74, 6) is -1.11. The number of esters is 1. The fourth-order valence-electron chi connectivity index (χ4n) is 2.65. The maximum Gasteiger partial charge on any atom is 0.331 e. The van der Waals surface area contributed by atoms with E-state index < -0.39 is 42.5 Å². The third-order valence-corrected chi connectivity index (χ3v) is 3.69. The first kappa shape index (κ1) is 15.0. The molecule has 0 aliphatic carbocycles. The van der Waals surface area contributed by atoms with E-state index in [2.05, 4.69) is 5.32 Å². The Hall–Kier alpha value is -1.96. The molecule has 2 N–H and O–H groups in total. The van der Waals surface area contributed by atoms with E-state index in [1.807, 2.05) is 30.3 Å². The Bertz CT molecular complexity index is 562. The highest BCUT2D eigenvalue weighted by Gasteiger charge is 2.49. The molecular weight excluding hydrogens is 290 g/mol. The molecule has 3 rings (SSSR count). The van der Waals surface area contributed by atoms with Gasteiger partial charge in [0.05, 0.1) is 6.61 Å². The smallest absolute Gasteiger partial charge is 0.331 e. The maximum atomic E-state index is 11.8. The van der Waals surface area contributed by atoms with E-state index in [0.29, 0.717) is 0 Å². The molecule has 0 saturated carbocycles. The van der Waals surface area contributed by atoms with E-state index in [4.69, 9.17) is 14.2 Å². The number of carbonyl (C=O) groups excluding carboxylic acids is 2. The zero-order chi connectivity index (χ0) is 15.7. The molecule has 2 fully saturated rings. The van der Waals surface area contributed by atoms with E-state index in [9.17, 15) is 14.7 Å². The van der Waals surface area contributed by atoms with Gasteiger partial charge in [-0.1, -0.05) is 30.3 Å². The number of hydrogen-bond donors (Lipinski definition) is 2. The summed E-state index contributed by atoms with van der Waals surface area (Å²) >= 11 is 0. The van der Waals surface area contributed by atoms with Crippen molar-refractivity contribution in [1.82, 2.24) is 5.32 Å². The first-order valence-corrected chi connectivity index (χ1v) is 7.04. The number of nitrogens with one attached hydrogen (secondary N) is 1. The zero-order valence-electron chi connectivity index (χ0n) is 12.0. The molecule has 2 saturated heterocycles. The lowest BCUT2D eigenvalue weighted by molar-refractivity contribution is -0.293. The van der Waals surface area contributed by atoms with Crippen LogP contribution in [0.1, 0.15) is 18.8 Å². The van der Waals surface area contributed by atoms with E-state index >= 15 is 0 Å². The van der Waals surface area contributed by atoms with Gasteiger partial charge in [0, 0.05) is 12.5 Å². The Kier molecular flexibility index (Phi) is 4.10.